The summed E-state index contributed by atoms with van der Waals surface area (Å²) in [4.78, 5) is 0. The Bertz CT molecular complexity index is 369. The third kappa shape index (κ3) is 6.71. The van der Waals surface area contributed by atoms with Crippen molar-refractivity contribution in [2.75, 3.05) is 6.61 Å². The summed E-state index contributed by atoms with van der Waals surface area (Å²) in [5.41, 5.74) is 0. The summed E-state index contributed by atoms with van der Waals surface area (Å²) >= 11 is 5.73. The topological polar surface area (TPSA) is 29.5 Å². The van der Waals surface area contributed by atoms with Gasteiger partial charge in [0.15, 0.2) is 0 Å². The van der Waals surface area contributed by atoms with E-state index >= 15 is 0 Å². The Morgan fingerprint density at radius 3 is 2.67 bits per heavy atom. The van der Waals surface area contributed by atoms with Gasteiger partial charge in [-0.05, 0) is 31.0 Å². The smallest absolute Gasteiger partial charge is 0.389 e. The Morgan fingerprint density at radius 2 is 2.06 bits per heavy atom. The van der Waals surface area contributed by atoms with Crippen LogP contribution < -0.4 is 4.74 Å². The molecule has 102 valence electrons. The zero-order valence-electron chi connectivity index (χ0n) is 9.58. The molecule has 1 aromatic carbocycles. The van der Waals surface area contributed by atoms with Crippen molar-refractivity contribution in [3.63, 3.8) is 0 Å². The van der Waals surface area contributed by atoms with Gasteiger partial charge in [-0.15, -0.1) is 0 Å². The molecule has 18 heavy (non-hydrogen) atoms. The van der Waals surface area contributed by atoms with Crippen LogP contribution in [0.1, 0.15) is 19.3 Å². The van der Waals surface area contributed by atoms with Gasteiger partial charge in [-0.25, -0.2) is 0 Å². The molecule has 6 heteroatoms. The molecule has 0 fully saturated rings. The molecule has 0 aliphatic heterocycles. The third-order valence-corrected chi connectivity index (χ3v) is 2.47. The summed E-state index contributed by atoms with van der Waals surface area (Å²) in [6, 6.07) is 6.60. The van der Waals surface area contributed by atoms with E-state index in [0.29, 0.717) is 10.8 Å². The monoisotopic (exact) mass is 282 g/mol. The predicted molar refractivity (Wildman–Crippen MR) is 62.9 cm³/mol. The summed E-state index contributed by atoms with van der Waals surface area (Å²) in [5, 5.41) is 9.95. The zero-order valence-corrected chi connectivity index (χ0v) is 10.3. The Kier molecular flexibility index (Phi) is 5.75. The number of aliphatic hydroxyl groups is 1. The first-order valence-corrected chi connectivity index (χ1v) is 5.88. The number of hydrogen-bond acceptors (Lipinski definition) is 2. The fourth-order valence-electron chi connectivity index (χ4n) is 1.37. The van der Waals surface area contributed by atoms with Crippen molar-refractivity contribution in [3.8, 4) is 5.75 Å². The summed E-state index contributed by atoms with van der Waals surface area (Å²) < 4.78 is 40.8. The Hall–Kier alpha value is -0.940. The van der Waals surface area contributed by atoms with Crippen LogP contribution in [-0.4, -0.2) is 24.0 Å². The standard InChI is InChI=1S/C12H14ClF3O2/c13-9-3-1-5-11(7-9)18-8-10(17)4-2-6-12(14,15)16/h1,3,5,7,10,17H,2,4,6,8H2. The Labute approximate surface area is 108 Å². The van der Waals surface area contributed by atoms with Crippen LogP contribution in [0.3, 0.4) is 0 Å². The fraction of sp³-hybridized carbons (Fsp3) is 0.500. The number of rotatable bonds is 6. The highest BCUT2D eigenvalue weighted by Gasteiger charge is 2.26. The van der Waals surface area contributed by atoms with Gasteiger partial charge in [-0.1, -0.05) is 17.7 Å². The van der Waals surface area contributed by atoms with Gasteiger partial charge >= 0.3 is 6.18 Å². The molecule has 0 spiro atoms. The van der Waals surface area contributed by atoms with E-state index in [2.05, 4.69) is 0 Å². The highest BCUT2D eigenvalue weighted by atomic mass is 35.5. The maximum absolute atomic E-state index is 11.9. The van der Waals surface area contributed by atoms with Gasteiger partial charge in [0, 0.05) is 11.4 Å². The van der Waals surface area contributed by atoms with Crippen molar-refractivity contribution in [2.24, 2.45) is 0 Å². The lowest BCUT2D eigenvalue weighted by atomic mass is 10.1. The second kappa shape index (κ2) is 6.85. The van der Waals surface area contributed by atoms with E-state index in [1.165, 1.54) is 0 Å². The minimum atomic E-state index is -4.17. The molecule has 0 amide bonds. The van der Waals surface area contributed by atoms with E-state index < -0.39 is 18.7 Å². The second-order valence-corrected chi connectivity index (χ2v) is 4.37. The second-order valence-electron chi connectivity index (χ2n) is 3.93. The lowest BCUT2D eigenvalue weighted by molar-refractivity contribution is -0.136. The van der Waals surface area contributed by atoms with Gasteiger partial charge in [-0.2, -0.15) is 13.2 Å². The van der Waals surface area contributed by atoms with Gasteiger partial charge in [0.05, 0.1) is 6.10 Å². The van der Waals surface area contributed by atoms with Crippen molar-refractivity contribution in [3.05, 3.63) is 29.3 Å². The lowest BCUT2D eigenvalue weighted by Crippen LogP contribution is -2.18. The number of halogens is 4. The van der Waals surface area contributed by atoms with Crippen LogP contribution in [-0.2, 0) is 0 Å². The van der Waals surface area contributed by atoms with Crippen LogP contribution in [0.2, 0.25) is 5.02 Å². The molecule has 1 unspecified atom stereocenters. The van der Waals surface area contributed by atoms with Crippen LogP contribution in [0.5, 0.6) is 5.75 Å². The predicted octanol–water partition coefficient (Wildman–Crippen LogP) is 3.81. The van der Waals surface area contributed by atoms with Crippen molar-refractivity contribution in [1.82, 2.24) is 0 Å². The highest BCUT2D eigenvalue weighted by molar-refractivity contribution is 6.30. The average molecular weight is 283 g/mol. The highest BCUT2D eigenvalue weighted by Crippen LogP contribution is 2.23. The molecule has 0 aliphatic carbocycles. The zero-order chi connectivity index (χ0) is 13.6. The van der Waals surface area contributed by atoms with Crippen molar-refractivity contribution in [1.29, 1.82) is 0 Å². The first-order valence-electron chi connectivity index (χ1n) is 5.50. The SMILES string of the molecule is OC(CCCC(F)(F)F)COc1cccc(Cl)c1. The third-order valence-electron chi connectivity index (χ3n) is 2.24. The van der Waals surface area contributed by atoms with E-state index in [1.807, 2.05) is 0 Å². The van der Waals surface area contributed by atoms with Crippen LogP contribution >= 0.6 is 11.6 Å². The van der Waals surface area contributed by atoms with Gasteiger partial charge in [-0.3, -0.25) is 0 Å². The minimum absolute atomic E-state index is 0.0435. The Balaban J connectivity index is 2.23. The molecule has 2 nitrogen and oxygen atoms in total. The molecule has 0 saturated heterocycles. The van der Waals surface area contributed by atoms with Crippen LogP contribution in [0, 0.1) is 0 Å². The van der Waals surface area contributed by atoms with E-state index in [-0.39, 0.29) is 19.4 Å². The average Bonchev–Trinajstić information content (AvgIpc) is 2.25. The minimum Gasteiger partial charge on any atom is -0.491 e. The molecule has 0 radical (unpaired) electrons. The van der Waals surface area contributed by atoms with Gasteiger partial charge in [0.2, 0.25) is 0 Å². The molecular formula is C12H14ClF3O2. The quantitative estimate of drug-likeness (QED) is 0.860. The van der Waals surface area contributed by atoms with Gasteiger partial charge < -0.3 is 9.84 Å². The van der Waals surface area contributed by atoms with E-state index in [9.17, 15) is 18.3 Å². The van der Waals surface area contributed by atoms with Crippen molar-refractivity contribution in [2.45, 2.75) is 31.5 Å². The molecule has 1 atom stereocenters. The van der Waals surface area contributed by atoms with Crippen LogP contribution in [0.4, 0.5) is 13.2 Å². The number of ether oxygens (including phenoxy) is 1. The number of benzene rings is 1. The number of aliphatic hydroxyl groups excluding tert-OH is 1. The van der Waals surface area contributed by atoms with Crippen LogP contribution in [0.25, 0.3) is 0 Å². The summed E-state index contributed by atoms with van der Waals surface area (Å²) in [6.45, 7) is -0.0435. The maximum Gasteiger partial charge on any atom is 0.389 e. The normalized spacial score (nSPS) is 13.4. The van der Waals surface area contributed by atoms with E-state index in [4.69, 9.17) is 16.3 Å². The summed E-state index contributed by atoms with van der Waals surface area (Å²) in [6.07, 6.45) is -6.02. The fourth-order valence-corrected chi connectivity index (χ4v) is 1.55. The summed E-state index contributed by atoms with van der Waals surface area (Å²) in [7, 11) is 0. The molecular weight excluding hydrogens is 269 g/mol. The number of hydrogen-bond donors (Lipinski definition) is 1. The Morgan fingerprint density at radius 1 is 1.33 bits per heavy atom. The van der Waals surface area contributed by atoms with Gasteiger partial charge in [0.1, 0.15) is 12.4 Å². The molecule has 1 N–H and O–H groups in total. The molecule has 1 aromatic rings. The van der Waals surface area contributed by atoms with Crippen molar-refractivity contribution >= 4 is 11.6 Å². The molecule has 0 aliphatic rings. The molecule has 0 aromatic heterocycles. The first-order chi connectivity index (χ1) is 8.37. The molecule has 1 rings (SSSR count). The van der Waals surface area contributed by atoms with Crippen molar-refractivity contribution < 1.29 is 23.0 Å². The lowest BCUT2D eigenvalue weighted by Gasteiger charge is -2.13. The largest absolute Gasteiger partial charge is 0.491 e. The van der Waals surface area contributed by atoms with E-state index in [0.717, 1.165) is 0 Å². The van der Waals surface area contributed by atoms with E-state index in [1.54, 1.807) is 24.3 Å². The molecule has 0 heterocycles. The number of alkyl halides is 3. The molecule has 0 bridgehead atoms. The molecule has 0 saturated carbocycles. The summed E-state index contributed by atoms with van der Waals surface area (Å²) in [5.74, 6) is 0.484. The first kappa shape index (κ1) is 15.1. The maximum atomic E-state index is 11.9. The van der Waals surface area contributed by atoms with Crippen LogP contribution in [0.15, 0.2) is 24.3 Å². The van der Waals surface area contributed by atoms with Gasteiger partial charge in [0.25, 0.3) is 0 Å².